The molecule has 3 nitrogen and oxygen atoms in total. The maximum absolute atomic E-state index is 11.9. The van der Waals surface area contributed by atoms with Gasteiger partial charge in [0.2, 0.25) is 11.2 Å². The predicted octanol–water partition coefficient (Wildman–Crippen LogP) is 2.60. The molecule has 0 saturated carbocycles. The lowest BCUT2D eigenvalue weighted by molar-refractivity contribution is -0.146. The minimum atomic E-state index is -0.773. The molecule has 0 amide bonds. The molecule has 0 bridgehead atoms. The Labute approximate surface area is 99.2 Å². The van der Waals surface area contributed by atoms with E-state index in [1.165, 1.54) is 18.7 Å². The fourth-order valence-electron chi connectivity index (χ4n) is 1.15. The molecule has 1 atom stereocenters. The smallest absolute Gasteiger partial charge is 0.304 e. The monoisotopic (exact) mass is 238 g/mol. The van der Waals surface area contributed by atoms with E-state index in [2.05, 4.69) is 0 Å². The molecule has 1 aliphatic heterocycles. The Morgan fingerprint density at radius 3 is 2.56 bits per heavy atom. The Bertz CT molecular complexity index is 391. The van der Waals surface area contributed by atoms with Crippen LogP contribution >= 0.6 is 11.8 Å². The summed E-state index contributed by atoms with van der Waals surface area (Å²) in [6, 6.07) is 0. The van der Waals surface area contributed by atoms with Gasteiger partial charge in [0.15, 0.2) is 0 Å². The number of Topliss-reactive ketones (excluding diaryl/α,β-unsaturated/α-hetero) is 1. The maximum Gasteiger partial charge on any atom is 0.304 e. The van der Waals surface area contributed by atoms with Gasteiger partial charge in [0.05, 0.1) is 0 Å². The zero-order valence-corrected chi connectivity index (χ0v) is 10.3. The lowest BCUT2D eigenvalue weighted by Gasteiger charge is -2.15. The molecule has 0 radical (unpaired) electrons. The molecule has 1 heterocycles. The zero-order valence-electron chi connectivity index (χ0n) is 9.52. The average Bonchev–Trinajstić information content (AvgIpc) is 2.24. The Kier molecular flexibility index (Phi) is 4.55. The van der Waals surface area contributed by atoms with Crippen molar-refractivity contribution in [1.82, 2.24) is 0 Å². The lowest BCUT2D eigenvalue weighted by atomic mass is 10.2. The largest absolute Gasteiger partial charge is 0.443 e. The van der Waals surface area contributed by atoms with Crippen LogP contribution in [0.3, 0.4) is 0 Å². The zero-order chi connectivity index (χ0) is 12.1. The first kappa shape index (κ1) is 12.8. The third-order valence-electron chi connectivity index (χ3n) is 1.96. The molecule has 16 heavy (non-hydrogen) atoms. The summed E-state index contributed by atoms with van der Waals surface area (Å²) in [5.41, 5.74) is -0.192. The Hall–Kier alpha value is -1.29. The normalized spacial score (nSPS) is 29.9. The van der Waals surface area contributed by atoms with Crippen LogP contribution in [0.25, 0.3) is 0 Å². The van der Waals surface area contributed by atoms with E-state index in [4.69, 9.17) is 4.74 Å². The molecule has 0 spiro atoms. The van der Waals surface area contributed by atoms with Gasteiger partial charge in [0.1, 0.15) is 0 Å². The highest BCUT2D eigenvalue weighted by atomic mass is 32.2. The Balaban J connectivity index is 2.97. The van der Waals surface area contributed by atoms with Crippen LogP contribution in [0.15, 0.2) is 34.8 Å². The van der Waals surface area contributed by atoms with Crippen molar-refractivity contribution in [3.8, 4) is 0 Å². The van der Waals surface area contributed by atoms with Crippen molar-refractivity contribution < 1.29 is 14.3 Å². The molecule has 1 aliphatic rings. The SMILES string of the molecule is CC(=O)OC1S/C(C)=C/C=C\C=C(/C)C1=O. The van der Waals surface area contributed by atoms with E-state index in [0.717, 1.165) is 4.91 Å². The molecule has 0 aromatic rings. The van der Waals surface area contributed by atoms with E-state index in [0.29, 0.717) is 5.57 Å². The molecule has 0 saturated heterocycles. The molecule has 86 valence electrons. The van der Waals surface area contributed by atoms with Gasteiger partial charge in [-0.05, 0) is 24.3 Å². The molecule has 0 fully saturated rings. The van der Waals surface area contributed by atoms with Crippen molar-refractivity contribution in [2.24, 2.45) is 0 Å². The first-order valence-electron chi connectivity index (χ1n) is 4.90. The van der Waals surface area contributed by atoms with Gasteiger partial charge in [-0.3, -0.25) is 9.59 Å². The number of ketones is 1. The molecular weight excluding hydrogens is 224 g/mol. The standard InChI is InChI=1S/C12H14O3S/c1-8-6-4-5-7-9(2)16-12(11(8)14)15-10(3)13/h4-7,12H,1-3H3/b5-4-,8-6+,9-7+. The highest BCUT2D eigenvalue weighted by Gasteiger charge is 2.24. The summed E-state index contributed by atoms with van der Waals surface area (Å²) >= 11 is 1.25. The minimum absolute atomic E-state index is 0.167. The van der Waals surface area contributed by atoms with Crippen LogP contribution in [0.5, 0.6) is 0 Å². The number of carbonyl (C=O) groups is 2. The van der Waals surface area contributed by atoms with Crippen molar-refractivity contribution in [3.63, 3.8) is 0 Å². The number of thioether (sulfide) groups is 1. The average molecular weight is 238 g/mol. The second-order valence-corrected chi connectivity index (χ2v) is 4.74. The molecule has 0 aliphatic carbocycles. The van der Waals surface area contributed by atoms with Crippen molar-refractivity contribution in [3.05, 3.63) is 34.8 Å². The summed E-state index contributed by atoms with van der Waals surface area (Å²) in [6.45, 7) is 4.89. The van der Waals surface area contributed by atoms with Crippen LogP contribution < -0.4 is 0 Å². The van der Waals surface area contributed by atoms with Gasteiger partial charge >= 0.3 is 5.97 Å². The molecule has 4 heteroatoms. The first-order chi connectivity index (χ1) is 7.50. The van der Waals surface area contributed by atoms with Gasteiger partial charge in [-0.15, -0.1) is 0 Å². The number of rotatable bonds is 1. The van der Waals surface area contributed by atoms with Gasteiger partial charge in [0.25, 0.3) is 0 Å². The van der Waals surface area contributed by atoms with Crippen LogP contribution in [0.2, 0.25) is 0 Å². The van der Waals surface area contributed by atoms with E-state index >= 15 is 0 Å². The van der Waals surface area contributed by atoms with Gasteiger partial charge in [0, 0.05) is 6.92 Å². The number of hydrogen-bond acceptors (Lipinski definition) is 4. The second-order valence-electron chi connectivity index (χ2n) is 3.44. The predicted molar refractivity (Wildman–Crippen MR) is 64.8 cm³/mol. The van der Waals surface area contributed by atoms with Crippen molar-refractivity contribution >= 4 is 23.5 Å². The molecule has 1 unspecified atom stereocenters. The topological polar surface area (TPSA) is 43.4 Å². The first-order valence-corrected chi connectivity index (χ1v) is 5.78. The van der Waals surface area contributed by atoms with E-state index in [-0.39, 0.29) is 5.78 Å². The number of carbonyl (C=O) groups excluding carboxylic acids is 2. The highest BCUT2D eigenvalue weighted by Crippen LogP contribution is 2.26. The summed E-state index contributed by atoms with van der Waals surface area (Å²) in [7, 11) is 0. The molecule has 0 N–H and O–H groups in total. The number of hydrogen-bond donors (Lipinski definition) is 0. The summed E-state index contributed by atoms with van der Waals surface area (Å²) in [5.74, 6) is -0.613. The van der Waals surface area contributed by atoms with Crippen LogP contribution in [0, 0.1) is 0 Å². The fraction of sp³-hybridized carbons (Fsp3) is 0.333. The van der Waals surface area contributed by atoms with Crippen molar-refractivity contribution in [2.45, 2.75) is 26.2 Å². The van der Waals surface area contributed by atoms with E-state index in [1.54, 1.807) is 19.1 Å². The quantitative estimate of drug-likeness (QED) is 0.659. The van der Waals surface area contributed by atoms with Gasteiger partial charge in [-0.25, -0.2) is 0 Å². The Morgan fingerprint density at radius 1 is 1.31 bits per heavy atom. The highest BCUT2D eigenvalue weighted by molar-refractivity contribution is 8.04. The lowest BCUT2D eigenvalue weighted by Crippen LogP contribution is -2.23. The van der Waals surface area contributed by atoms with Gasteiger partial charge in [-0.1, -0.05) is 36.1 Å². The third kappa shape index (κ3) is 3.70. The van der Waals surface area contributed by atoms with Crippen LogP contribution in [-0.2, 0) is 14.3 Å². The van der Waals surface area contributed by atoms with Gasteiger partial charge < -0.3 is 4.74 Å². The van der Waals surface area contributed by atoms with E-state index in [9.17, 15) is 9.59 Å². The summed E-state index contributed by atoms with van der Waals surface area (Å²) < 4.78 is 5.00. The Morgan fingerprint density at radius 2 is 1.94 bits per heavy atom. The molecule has 0 aromatic heterocycles. The van der Waals surface area contributed by atoms with E-state index in [1.807, 2.05) is 19.1 Å². The number of esters is 1. The van der Waals surface area contributed by atoms with Crippen molar-refractivity contribution in [2.75, 3.05) is 0 Å². The van der Waals surface area contributed by atoms with Crippen LogP contribution in [-0.4, -0.2) is 17.2 Å². The fourth-order valence-corrected chi connectivity index (χ4v) is 2.12. The summed E-state index contributed by atoms with van der Waals surface area (Å²) in [5, 5.41) is 0. The second kappa shape index (κ2) is 5.70. The van der Waals surface area contributed by atoms with Crippen LogP contribution in [0.4, 0.5) is 0 Å². The maximum atomic E-state index is 11.9. The van der Waals surface area contributed by atoms with E-state index < -0.39 is 11.4 Å². The molecule has 0 aromatic carbocycles. The number of allylic oxidation sites excluding steroid dienone is 5. The van der Waals surface area contributed by atoms with Gasteiger partial charge in [-0.2, -0.15) is 0 Å². The third-order valence-corrected chi connectivity index (χ3v) is 2.99. The van der Waals surface area contributed by atoms with Crippen LogP contribution in [0.1, 0.15) is 20.8 Å². The summed E-state index contributed by atoms with van der Waals surface area (Å²) in [6.07, 6.45) is 7.25. The van der Waals surface area contributed by atoms with Crippen molar-refractivity contribution in [1.29, 1.82) is 0 Å². The number of ether oxygens (including phenoxy) is 1. The minimum Gasteiger partial charge on any atom is -0.443 e. The summed E-state index contributed by atoms with van der Waals surface area (Å²) in [4.78, 5) is 23.7. The molecule has 1 rings (SSSR count). The molecular formula is C12H14O3S.